The first kappa shape index (κ1) is 15.0. The summed E-state index contributed by atoms with van der Waals surface area (Å²) >= 11 is 3.38. The number of hydrogen-bond donors (Lipinski definition) is 1. The van der Waals surface area contributed by atoms with Crippen LogP contribution in [-0.2, 0) is 6.54 Å². The van der Waals surface area contributed by atoms with Gasteiger partial charge in [0.15, 0.2) is 0 Å². The molecule has 1 aromatic heterocycles. The van der Waals surface area contributed by atoms with Gasteiger partial charge in [-0.15, -0.1) is 0 Å². The van der Waals surface area contributed by atoms with Crippen LogP contribution in [0.3, 0.4) is 0 Å². The molecule has 22 heavy (non-hydrogen) atoms. The normalized spacial score (nSPS) is 14.1. The van der Waals surface area contributed by atoms with Gasteiger partial charge in [0.1, 0.15) is 5.82 Å². The second kappa shape index (κ2) is 6.92. The summed E-state index contributed by atoms with van der Waals surface area (Å²) in [4.78, 5) is 18.9. The quantitative estimate of drug-likeness (QED) is 0.909. The van der Waals surface area contributed by atoms with E-state index in [4.69, 9.17) is 0 Å². The Bertz CT molecular complexity index is 668. The number of aromatic nitrogens is 1. The van der Waals surface area contributed by atoms with Crippen molar-refractivity contribution in [2.24, 2.45) is 0 Å². The minimum Gasteiger partial charge on any atom is -0.357 e. The standard InChI is InChI=1S/C17H18BrN3O/c18-15-5-3-4-14(11-15)17(22)20-12-13-6-7-19-16(10-13)21-8-1-2-9-21/h3-7,10-11H,1-2,8-9,12H2,(H,20,22). The predicted octanol–water partition coefficient (Wildman–Crippen LogP) is 3.37. The zero-order chi connectivity index (χ0) is 15.4. The maximum atomic E-state index is 12.2. The van der Waals surface area contributed by atoms with Gasteiger partial charge in [-0.25, -0.2) is 4.98 Å². The smallest absolute Gasteiger partial charge is 0.251 e. The number of hydrogen-bond acceptors (Lipinski definition) is 3. The molecule has 1 saturated heterocycles. The van der Waals surface area contributed by atoms with E-state index in [0.29, 0.717) is 12.1 Å². The average molecular weight is 360 g/mol. The zero-order valence-electron chi connectivity index (χ0n) is 12.3. The lowest BCUT2D eigenvalue weighted by molar-refractivity contribution is 0.0951. The van der Waals surface area contributed by atoms with Gasteiger partial charge >= 0.3 is 0 Å². The van der Waals surface area contributed by atoms with E-state index in [1.807, 2.05) is 36.5 Å². The number of nitrogens with zero attached hydrogens (tertiary/aromatic N) is 2. The van der Waals surface area contributed by atoms with Crippen LogP contribution in [0.15, 0.2) is 47.1 Å². The molecule has 0 spiro atoms. The van der Waals surface area contributed by atoms with Crippen LogP contribution in [0, 0.1) is 0 Å². The van der Waals surface area contributed by atoms with Crippen molar-refractivity contribution in [2.45, 2.75) is 19.4 Å². The summed E-state index contributed by atoms with van der Waals surface area (Å²) in [6.07, 6.45) is 4.27. The van der Waals surface area contributed by atoms with Crippen molar-refractivity contribution < 1.29 is 4.79 Å². The van der Waals surface area contributed by atoms with E-state index >= 15 is 0 Å². The summed E-state index contributed by atoms with van der Waals surface area (Å²) in [5, 5.41) is 2.95. The third-order valence-electron chi connectivity index (χ3n) is 3.78. The minimum atomic E-state index is -0.0687. The highest BCUT2D eigenvalue weighted by molar-refractivity contribution is 9.10. The molecule has 1 N–H and O–H groups in total. The molecule has 0 unspecified atom stereocenters. The van der Waals surface area contributed by atoms with Gasteiger partial charge in [0.05, 0.1) is 0 Å². The lowest BCUT2D eigenvalue weighted by atomic mass is 10.2. The highest BCUT2D eigenvalue weighted by atomic mass is 79.9. The molecular formula is C17H18BrN3O. The van der Waals surface area contributed by atoms with E-state index in [-0.39, 0.29) is 5.91 Å². The van der Waals surface area contributed by atoms with Crippen molar-refractivity contribution in [1.29, 1.82) is 0 Å². The van der Waals surface area contributed by atoms with Gasteiger partial charge in [0.2, 0.25) is 0 Å². The molecule has 114 valence electrons. The summed E-state index contributed by atoms with van der Waals surface area (Å²) < 4.78 is 0.903. The third kappa shape index (κ3) is 3.65. The molecule has 4 nitrogen and oxygen atoms in total. The van der Waals surface area contributed by atoms with Crippen molar-refractivity contribution in [3.63, 3.8) is 0 Å². The van der Waals surface area contributed by atoms with Crippen LogP contribution >= 0.6 is 15.9 Å². The summed E-state index contributed by atoms with van der Waals surface area (Å²) in [6, 6.07) is 11.4. The van der Waals surface area contributed by atoms with Crippen LogP contribution in [0.1, 0.15) is 28.8 Å². The Hall–Kier alpha value is -1.88. The lowest BCUT2D eigenvalue weighted by Gasteiger charge is -2.17. The Balaban J connectivity index is 1.63. The first-order valence-corrected chi connectivity index (χ1v) is 8.25. The van der Waals surface area contributed by atoms with E-state index in [1.54, 1.807) is 0 Å². The van der Waals surface area contributed by atoms with E-state index in [1.165, 1.54) is 12.8 Å². The number of amides is 1. The van der Waals surface area contributed by atoms with Crippen LogP contribution in [0.4, 0.5) is 5.82 Å². The topological polar surface area (TPSA) is 45.2 Å². The maximum Gasteiger partial charge on any atom is 0.251 e. The number of pyridine rings is 1. The molecule has 1 amide bonds. The Labute approximate surface area is 138 Å². The van der Waals surface area contributed by atoms with Gasteiger partial charge in [-0.3, -0.25) is 4.79 Å². The Morgan fingerprint density at radius 3 is 2.82 bits per heavy atom. The fourth-order valence-corrected chi connectivity index (χ4v) is 3.00. The second-order valence-electron chi connectivity index (χ2n) is 5.41. The first-order valence-electron chi connectivity index (χ1n) is 7.46. The summed E-state index contributed by atoms with van der Waals surface area (Å²) in [7, 11) is 0. The Morgan fingerprint density at radius 1 is 1.23 bits per heavy atom. The molecule has 1 aliphatic rings. The van der Waals surface area contributed by atoms with Gasteiger partial charge in [-0.1, -0.05) is 22.0 Å². The van der Waals surface area contributed by atoms with Crippen molar-refractivity contribution >= 4 is 27.7 Å². The fourth-order valence-electron chi connectivity index (χ4n) is 2.60. The summed E-state index contributed by atoms with van der Waals surface area (Å²) in [6.45, 7) is 2.65. The molecule has 1 fully saturated rings. The molecule has 0 bridgehead atoms. The zero-order valence-corrected chi connectivity index (χ0v) is 13.8. The Morgan fingerprint density at radius 2 is 2.05 bits per heavy atom. The van der Waals surface area contributed by atoms with Gasteiger partial charge in [0.25, 0.3) is 5.91 Å². The minimum absolute atomic E-state index is 0.0687. The number of carbonyl (C=O) groups is 1. The number of carbonyl (C=O) groups excluding carboxylic acids is 1. The first-order chi connectivity index (χ1) is 10.7. The molecule has 2 heterocycles. The lowest BCUT2D eigenvalue weighted by Crippen LogP contribution is -2.23. The van der Waals surface area contributed by atoms with E-state index < -0.39 is 0 Å². The van der Waals surface area contributed by atoms with Crippen molar-refractivity contribution in [3.8, 4) is 0 Å². The highest BCUT2D eigenvalue weighted by Crippen LogP contribution is 2.18. The Kier molecular flexibility index (Phi) is 4.73. The van der Waals surface area contributed by atoms with Crippen LogP contribution < -0.4 is 10.2 Å². The van der Waals surface area contributed by atoms with Crippen LogP contribution in [0.5, 0.6) is 0 Å². The number of nitrogens with one attached hydrogen (secondary N) is 1. The molecule has 0 radical (unpaired) electrons. The molecule has 5 heteroatoms. The van der Waals surface area contributed by atoms with Crippen molar-refractivity contribution in [2.75, 3.05) is 18.0 Å². The largest absolute Gasteiger partial charge is 0.357 e. The molecule has 2 aromatic rings. The predicted molar refractivity (Wildman–Crippen MR) is 91.0 cm³/mol. The van der Waals surface area contributed by atoms with E-state index in [2.05, 4.69) is 37.2 Å². The van der Waals surface area contributed by atoms with Crippen LogP contribution in [0.2, 0.25) is 0 Å². The number of anilines is 1. The number of halogens is 1. The average Bonchev–Trinajstić information content (AvgIpc) is 3.07. The molecule has 0 atom stereocenters. The van der Waals surface area contributed by atoms with Crippen LogP contribution in [-0.4, -0.2) is 24.0 Å². The summed E-state index contributed by atoms with van der Waals surface area (Å²) in [5.74, 6) is 0.938. The molecule has 1 aliphatic heterocycles. The second-order valence-corrected chi connectivity index (χ2v) is 6.33. The number of benzene rings is 1. The summed E-state index contributed by atoms with van der Waals surface area (Å²) in [5.41, 5.74) is 1.73. The monoisotopic (exact) mass is 359 g/mol. The molecule has 1 aromatic carbocycles. The van der Waals surface area contributed by atoms with E-state index in [9.17, 15) is 4.79 Å². The third-order valence-corrected chi connectivity index (χ3v) is 4.27. The molecule has 0 aliphatic carbocycles. The maximum absolute atomic E-state index is 12.2. The van der Waals surface area contributed by atoms with E-state index in [0.717, 1.165) is 28.9 Å². The van der Waals surface area contributed by atoms with Crippen molar-refractivity contribution in [3.05, 3.63) is 58.2 Å². The number of rotatable bonds is 4. The SMILES string of the molecule is O=C(NCc1ccnc(N2CCCC2)c1)c1cccc(Br)c1. The highest BCUT2D eigenvalue weighted by Gasteiger charge is 2.13. The van der Waals surface area contributed by atoms with Gasteiger partial charge in [-0.2, -0.15) is 0 Å². The van der Waals surface area contributed by atoms with Gasteiger partial charge in [-0.05, 0) is 48.7 Å². The molecule has 0 saturated carbocycles. The fraction of sp³-hybridized carbons (Fsp3) is 0.294. The van der Waals surface area contributed by atoms with Gasteiger partial charge in [0, 0.05) is 35.9 Å². The van der Waals surface area contributed by atoms with Crippen LogP contribution in [0.25, 0.3) is 0 Å². The van der Waals surface area contributed by atoms with Crippen molar-refractivity contribution in [1.82, 2.24) is 10.3 Å². The van der Waals surface area contributed by atoms with Gasteiger partial charge < -0.3 is 10.2 Å². The molecular weight excluding hydrogens is 342 g/mol. The molecule has 3 rings (SSSR count).